The van der Waals surface area contributed by atoms with E-state index in [0.717, 1.165) is 11.3 Å². The highest BCUT2D eigenvalue weighted by Gasteiger charge is 2.28. The zero-order valence-electron chi connectivity index (χ0n) is 10.9. The van der Waals surface area contributed by atoms with Crippen molar-refractivity contribution in [1.82, 2.24) is 4.72 Å². The summed E-state index contributed by atoms with van der Waals surface area (Å²) in [6.07, 6.45) is 5.70. The summed E-state index contributed by atoms with van der Waals surface area (Å²) in [5.41, 5.74) is 0.491. The Bertz CT molecular complexity index is 610. The predicted molar refractivity (Wildman–Crippen MR) is 73.6 cm³/mol. The van der Waals surface area contributed by atoms with Crippen LogP contribution in [0.15, 0.2) is 10.3 Å². The van der Waals surface area contributed by atoms with Crippen LogP contribution in [0, 0.1) is 19.3 Å². The summed E-state index contributed by atoms with van der Waals surface area (Å²) < 4.78 is 31.5. The van der Waals surface area contributed by atoms with E-state index < -0.39 is 22.0 Å². The van der Waals surface area contributed by atoms with E-state index >= 15 is 0 Å². The van der Waals surface area contributed by atoms with Gasteiger partial charge in [0.05, 0.1) is 13.2 Å². The van der Waals surface area contributed by atoms with Crippen LogP contribution in [0.1, 0.15) is 28.6 Å². The molecule has 0 saturated heterocycles. The average Bonchev–Trinajstić information content (AvgIpc) is 2.77. The second-order valence-electron chi connectivity index (χ2n) is 3.82. The van der Waals surface area contributed by atoms with Crippen LogP contribution in [0.2, 0.25) is 0 Å². The fourth-order valence-electron chi connectivity index (χ4n) is 1.48. The maximum absolute atomic E-state index is 12.3. The molecule has 0 bridgehead atoms. The van der Waals surface area contributed by atoms with Gasteiger partial charge in [-0.05, 0) is 24.3 Å². The molecule has 0 saturated carbocycles. The summed E-state index contributed by atoms with van der Waals surface area (Å²) in [6, 6.07) is -0.602. The van der Waals surface area contributed by atoms with Gasteiger partial charge in [-0.15, -0.1) is 17.8 Å². The minimum Gasteiger partial charge on any atom is -0.465 e. The molecule has 0 aliphatic rings. The van der Waals surface area contributed by atoms with Crippen molar-refractivity contribution in [3.05, 3.63) is 15.8 Å². The molecule has 0 aliphatic heterocycles. The lowest BCUT2D eigenvalue weighted by atomic mass is 10.3. The number of rotatable bonds is 5. The fraction of sp³-hybridized carbons (Fsp3) is 0.417. The van der Waals surface area contributed by atoms with E-state index in [1.807, 2.05) is 0 Å². The van der Waals surface area contributed by atoms with E-state index in [9.17, 15) is 13.2 Å². The molecule has 104 valence electrons. The second-order valence-corrected chi connectivity index (χ2v) is 6.35. The summed E-state index contributed by atoms with van der Waals surface area (Å²) in [4.78, 5) is 11.6. The number of sulfonamides is 1. The first-order valence-electron chi connectivity index (χ1n) is 5.52. The number of hydrogen-bond donors (Lipinski definition) is 1. The third-order valence-corrected chi connectivity index (χ3v) is 5.33. The molecule has 1 aromatic rings. The van der Waals surface area contributed by atoms with E-state index in [-0.39, 0.29) is 9.77 Å². The van der Waals surface area contributed by atoms with Crippen LogP contribution in [0.5, 0.6) is 0 Å². The normalized spacial score (nSPS) is 12.7. The molecular formula is C12H15NO4S2. The minimum atomic E-state index is -3.84. The number of carbonyl (C=O) groups excluding carboxylic acids is 1. The van der Waals surface area contributed by atoms with E-state index in [4.69, 9.17) is 6.42 Å². The van der Waals surface area contributed by atoms with E-state index in [1.165, 1.54) is 7.11 Å². The molecule has 0 radical (unpaired) electrons. The first-order chi connectivity index (χ1) is 8.87. The highest BCUT2D eigenvalue weighted by Crippen LogP contribution is 2.27. The molecule has 1 aromatic heterocycles. The summed E-state index contributed by atoms with van der Waals surface area (Å²) >= 11 is 1.03. The van der Waals surface area contributed by atoms with Crippen LogP contribution in [0.4, 0.5) is 0 Å². The van der Waals surface area contributed by atoms with Gasteiger partial charge in [0, 0.05) is 0 Å². The number of carbonyl (C=O) groups is 1. The van der Waals surface area contributed by atoms with Gasteiger partial charge in [-0.2, -0.15) is 4.72 Å². The third kappa shape index (κ3) is 3.35. The average molecular weight is 301 g/mol. The van der Waals surface area contributed by atoms with Crippen LogP contribution in [-0.2, 0) is 14.8 Å². The molecule has 0 amide bonds. The van der Waals surface area contributed by atoms with Gasteiger partial charge in [0.15, 0.2) is 0 Å². The minimum absolute atomic E-state index is 0.0550. The van der Waals surface area contributed by atoms with E-state index in [0.29, 0.717) is 12.0 Å². The lowest BCUT2D eigenvalue weighted by Gasteiger charge is -2.12. The lowest BCUT2D eigenvalue weighted by molar-refractivity contribution is 0.0602. The van der Waals surface area contributed by atoms with Gasteiger partial charge in [0.2, 0.25) is 10.0 Å². The van der Waals surface area contributed by atoms with Crippen molar-refractivity contribution in [3.8, 4) is 12.3 Å². The Balaban J connectivity index is 3.26. The number of ether oxygens (including phenoxy) is 1. The van der Waals surface area contributed by atoms with Crippen molar-refractivity contribution in [3.63, 3.8) is 0 Å². The molecule has 0 spiro atoms. The van der Waals surface area contributed by atoms with Crippen LogP contribution >= 0.6 is 11.3 Å². The van der Waals surface area contributed by atoms with Gasteiger partial charge in [-0.25, -0.2) is 13.2 Å². The van der Waals surface area contributed by atoms with Gasteiger partial charge in [-0.3, -0.25) is 0 Å². The van der Waals surface area contributed by atoms with Crippen molar-refractivity contribution >= 4 is 27.3 Å². The molecule has 1 N–H and O–H groups in total. The quantitative estimate of drug-likeness (QED) is 0.661. The third-order valence-electron chi connectivity index (χ3n) is 2.46. The van der Waals surface area contributed by atoms with Crippen LogP contribution in [0.3, 0.4) is 0 Å². The number of terminal acetylenes is 1. The number of hydrogen-bond acceptors (Lipinski definition) is 5. The lowest BCUT2D eigenvalue weighted by Crippen LogP contribution is -2.34. The van der Waals surface area contributed by atoms with Crippen molar-refractivity contribution < 1.29 is 17.9 Å². The van der Waals surface area contributed by atoms with Crippen LogP contribution in [-0.4, -0.2) is 27.5 Å². The molecule has 0 aliphatic carbocycles. The molecule has 0 fully saturated rings. The Morgan fingerprint density at radius 1 is 1.63 bits per heavy atom. The second kappa shape index (κ2) is 6.19. The monoisotopic (exact) mass is 301 g/mol. The maximum Gasteiger partial charge on any atom is 0.349 e. The Labute approximate surface area is 117 Å². The zero-order valence-corrected chi connectivity index (χ0v) is 12.5. The first kappa shape index (κ1) is 15.7. The fourth-order valence-corrected chi connectivity index (χ4v) is 4.43. The molecular weight excluding hydrogens is 286 g/mol. The Hall–Kier alpha value is -1.36. The van der Waals surface area contributed by atoms with Crippen molar-refractivity contribution in [2.75, 3.05) is 7.11 Å². The summed E-state index contributed by atoms with van der Waals surface area (Å²) in [7, 11) is -2.63. The largest absolute Gasteiger partial charge is 0.465 e. The van der Waals surface area contributed by atoms with E-state index in [2.05, 4.69) is 15.4 Å². The molecule has 5 nitrogen and oxygen atoms in total. The van der Waals surface area contributed by atoms with Gasteiger partial charge in [-0.1, -0.05) is 12.8 Å². The van der Waals surface area contributed by atoms with Crippen LogP contribution in [0.25, 0.3) is 0 Å². The predicted octanol–water partition coefficient (Wildman–Crippen LogP) is 1.53. The maximum atomic E-state index is 12.3. The molecule has 1 atom stereocenters. The van der Waals surface area contributed by atoms with Crippen molar-refractivity contribution in [1.29, 1.82) is 0 Å². The molecule has 7 heteroatoms. The van der Waals surface area contributed by atoms with Crippen LogP contribution < -0.4 is 4.72 Å². The Kier molecular flexibility index (Phi) is 5.11. The smallest absolute Gasteiger partial charge is 0.349 e. The number of esters is 1. The molecule has 1 rings (SSSR count). The standard InChI is InChI=1S/C12H15NO4S2/c1-5-9(6-2)13-19(15,16)11-8(3)7-18-10(11)12(14)17-4/h1,7,9,13H,6H2,2-4H3. The topological polar surface area (TPSA) is 72.5 Å². The zero-order chi connectivity index (χ0) is 14.6. The summed E-state index contributed by atoms with van der Waals surface area (Å²) in [6.45, 7) is 3.39. The summed E-state index contributed by atoms with van der Waals surface area (Å²) in [5, 5.41) is 1.59. The Morgan fingerprint density at radius 3 is 2.74 bits per heavy atom. The van der Waals surface area contributed by atoms with E-state index in [1.54, 1.807) is 19.2 Å². The SMILES string of the molecule is C#CC(CC)NS(=O)(=O)c1c(C)csc1C(=O)OC. The Morgan fingerprint density at radius 2 is 2.26 bits per heavy atom. The van der Waals surface area contributed by atoms with Gasteiger partial charge >= 0.3 is 5.97 Å². The molecule has 1 unspecified atom stereocenters. The molecule has 0 aromatic carbocycles. The van der Waals surface area contributed by atoms with Gasteiger partial charge in [0.1, 0.15) is 9.77 Å². The first-order valence-corrected chi connectivity index (χ1v) is 7.88. The van der Waals surface area contributed by atoms with Gasteiger partial charge < -0.3 is 4.74 Å². The number of methoxy groups -OCH3 is 1. The van der Waals surface area contributed by atoms with Crippen molar-refractivity contribution in [2.24, 2.45) is 0 Å². The number of aryl methyl sites for hydroxylation is 1. The number of thiophene rings is 1. The summed E-state index contributed by atoms with van der Waals surface area (Å²) in [5.74, 6) is 1.68. The highest BCUT2D eigenvalue weighted by molar-refractivity contribution is 7.89. The van der Waals surface area contributed by atoms with Crippen molar-refractivity contribution in [2.45, 2.75) is 31.2 Å². The number of nitrogens with one attached hydrogen (secondary N) is 1. The molecule has 1 heterocycles. The molecule has 19 heavy (non-hydrogen) atoms. The van der Waals surface area contributed by atoms with Gasteiger partial charge in [0.25, 0.3) is 0 Å². The highest BCUT2D eigenvalue weighted by atomic mass is 32.2.